The number of nitrogens with one attached hydrogen (secondary N) is 5. The van der Waals surface area contributed by atoms with Crippen LogP contribution in [0.1, 0.15) is 45.6 Å². The van der Waals surface area contributed by atoms with Crippen molar-refractivity contribution in [1.82, 2.24) is 21.3 Å². The van der Waals surface area contributed by atoms with Gasteiger partial charge < -0.3 is 36.1 Å². The van der Waals surface area contributed by atoms with Gasteiger partial charge in [0.1, 0.15) is 12.4 Å². The van der Waals surface area contributed by atoms with Crippen LogP contribution in [0, 0.1) is 5.92 Å². The van der Waals surface area contributed by atoms with E-state index in [1.165, 1.54) is 0 Å². The molecule has 41 heavy (non-hydrogen) atoms. The first kappa shape index (κ1) is 34.7. The molecule has 1 rings (SSSR count). The summed E-state index contributed by atoms with van der Waals surface area (Å²) < 4.78 is 10.3. The van der Waals surface area contributed by atoms with Crippen molar-refractivity contribution in [3.8, 4) is 0 Å². The quantitative estimate of drug-likeness (QED) is 0.107. The molecule has 14 heteroatoms. The Balaban J connectivity index is 2.15. The van der Waals surface area contributed by atoms with Crippen LogP contribution < -0.4 is 26.6 Å². The monoisotopic (exact) mass is 577 g/mol. The number of carbonyl (C=O) groups is 7. The summed E-state index contributed by atoms with van der Waals surface area (Å²) in [5, 5.41) is 11.9. The Morgan fingerprint density at radius 1 is 0.683 bits per heavy atom. The lowest BCUT2D eigenvalue weighted by molar-refractivity contribution is -0.148. The molecule has 1 aromatic rings. The molecule has 0 saturated carbocycles. The minimum atomic E-state index is -0.640. The zero-order valence-corrected chi connectivity index (χ0v) is 23.6. The molecule has 0 fully saturated rings. The number of hydrogen-bond donors (Lipinski definition) is 5. The van der Waals surface area contributed by atoms with E-state index in [1.54, 1.807) is 45.0 Å². The van der Waals surface area contributed by atoms with Gasteiger partial charge in [-0.05, 0) is 17.7 Å². The molecule has 5 amide bonds. The van der Waals surface area contributed by atoms with E-state index < -0.39 is 42.6 Å². The van der Waals surface area contributed by atoms with Crippen LogP contribution in [0.15, 0.2) is 24.3 Å². The van der Waals surface area contributed by atoms with E-state index in [9.17, 15) is 33.6 Å². The van der Waals surface area contributed by atoms with Crippen LogP contribution in [0.4, 0.5) is 5.69 Å². The molecule has 0 spiro atoms. The zero-order chi connectivity index (χ0) is 30.6. The van der Waals surface area contributed by atoms with Gasteiger partial charge in [0.25, 0.3) is 0 Å². The highest BCUT2D eigenvalue weighted by molar-refractivity contribution is 5.95. The lowest BCUT2D eigenvalue weighted by Gasteiger charge is -2.10. The van der Waals surface area contributed by atoms with Crippen LogP contribution in [0.5, 0.6) is 0 Å². The lowest BCUT2D eigenvalue weighted by Crippen LogP contribution is -2.45. The molecule has 0 aliphatic carbocycles. The molecule has 5 N–H and O–H groups in total. The summed E-state index contributed by atoms with van der Waals surface area (Å²) in [6.07, 6.45) is 0.739. The second-order valence-corrected chi connectivity index (χ2v) is 9.12. The maximum atomic E-state index is 12.1. The minimum Gasteiger partial charge on any atom is -0.461 e. The van der Waals surface area contributed by atoms with Crippen molar-refractivity contribution in [3.05, 3.63) is 29.8 Å². The summed E-state index contributed by atoms with van der Waals surface area (Å²) in [5.41, 5.74) is 1.23. The first-order chi connectivity index (χ1) is 19.5. The third kappa shape index (κ3) is 17.1. The highest BCUT2D eigenvalue weighted by atomic mass is 16.5. The average molecular weight is 578 g/mol. The van der Waals surface area contributed by atoms with Gasteiger partial charge >= 0.3 is 5.97 Å². The summed E-state index contributed by atoms with van der Waals surface area (Å²) in [4.78, 5) is 82.0. The van der Waals surface area contributed by atoms with E-state index in [0.29, 0.717) is 12.1 Å². The molecule has 0 aromatic heterocycles. The average Bonchev–Trinajstić information content (AvgIpc) is 2.95. The number of hydrogen-bond acceptors (Lipinski definition) is 9. The second-order valence-electron chi connectivity index (χ2n) is 9.12. The third-order valence-electron chi connectivity index (χ3n) is 5.27. The van der Waals surface area contributed by atoms with Gasteiger partial charge in [-0.3, -0.25) is 33.6 Å². The smallest absolute Gasteiger partial charge is 0.308 e. The summed E-state index contributed by atoms with van der Waals surface area (Å²) in [5.74, 6) is -3.23. The van der Waals surface area contributed by atoms with Gasteiger partial charge in [-0.1, -0.05) is 32.9 Å². The van der Waals surface area contributed by atoms with E-state index >= 15 is 0 Å². The van der Waals surface area contributed by atoms with Crippen molar-refractivity contribution in [3.63, 3.8) is 0 Å². The Morgan fingerprint density at radius 3 is 1.68 bits per heavy atom. The second kappa shape index (κ2) is 19.7. The number of esters is 1. The number of benzene rings is 1. The number of anilines is 1. The molecular weight excluding hydrogens is 538 g/mol. The van der Waals surface area contributed by atoms with Crippen LogP contribution in [-0.2, 0) is 49.6 Å². The molecule has 0 bridgehead atoms. The molecular formula is C27H39N5O9. The molecule has 0 heterocycles. The number of amides is 5. The van der Waals surface area contributed by atoms with Gasteiger partial charge in [-0.25, -0.2) is 0 Å². The van der Waals surface area contributed by atoms with E-state index in [0.717, 1.165) is 5.56 Å². The number of Topliss-reactive ketones (excluding diaryl/α,β-unsaturated/α-hetero) is 1. The van der Waals surface area contributed by atoms with E-state index in [4.69, 9.17) is 9.47 Å². The van der Waals surface area contributed by atoms with Crippen LogP contribution in [0.25, 0.3) is 0 Å². The Kier molecular flexibility index (Phi) is 16.7. The number of ketones is 1. The molecule has 1 aromatic carbocycles. The molecule has 0 aliphatic heterocycles. The van der Waals surface area contributed by atoms with Crippen LogP contribution in [0.2, 0.25) is 0 Å². The highest BCUT2D eigenvalue weighted by Gasteiger charge is 2.11. The molecule has 0 atom stereocenters. The Hall–Kier alpha value is -4.33. The van der Waals surface area contributed by atoms with Gasteiger partial charge in [0.05, 0.1) is 45.3 Å². The minimum absolute atomic E-state index is 0.0185. The zero-order valence-electron chi connectivity index (χ0n) is 23.6. The number of ether oxygens (including phenoxy) is 2. The highest BCUT2D eigenvalue weighted by Crippen LogP contribution is 2.11. The molecule has 0 aliphatic rings. The Bertz CT molecular complexity index is 1060. The van der Waals surface area contributed by atoms with E-state index in [2.05, 4.69) is 26.6 Å². The SMILES string of the molecule is CCC(=O)CCOCCC(=O)NCC(=O)NCC(=O)NCC(=O)NCC(=O)Nc1ccc(COC(=O)C(C)C)cc1. The number of rotatable bonds is 19. The van der Waals surface area contributed by atoms with E-state index in [-0.39, 0.29) is 63.4 Å². The molecule has 0 unspecified atom stereocenters. The van der Waals surface area contributed by atoms with Crippen molar-refractivity contribution >= 4 is 47.0 Å². The van der Waals surface area contributed by atoms with Gasteiger partial charge in [0.15, 0.2) is 0 Å². The topological polar surface area (TPSA) is 198 Å². The molecule has 226 valence electrons. The summed E-state index contributed by atoms with van der Waals surface area (Å²) in [7, 11) is 0. The van der Waals surface area contributed by atoms with Crippen molar-refractivity contribution in [2.24, 2.45) is 5.92 Å². The molecule has 0 radical (unpaired) electrons. The summed E-state index contributed by atoms with van der Waals surface area (Å²) in [6, 6.07) is 6.65. The normalized spacial score (nSPS) is 10.3. The van der Waals surface area contributed by atoms with Gasteiger partial charge in [-0.2, -0.15) is 0 Å². The predicted molar refractivity (Wildman–Crippen MR) is 147 cm³/mol. The largest absolute Gasteiger partial charge is 0.461 e. The third-order valence-corrected chi connectivity index (χ3v) is 5.27. The Morgan fingerprint density at radius 2 is 1.17 bits per heavy atom. The standard InChI is InChI=1S/C27H39N5O9/c1-4-21(33)9-11-40-12-10-22(34)28-13-23(35)29-14-24(36)30-15-25(37)31-16-26(38)32-20-7-5-19(6-8-20)17-41-27(39)18(2)3/h5-8,18H,4,9-17H2,1-3H3,(H,28,34)(H,29,35)(H,30,36)(H,31,37)(H,32,38). The van der Waals surface area contributed by atoms with Crippen molar-refractivity contribution in [2.75, 3.05) is 44.7 Å². The van der Waals surface area contributed by atoms with Crippen molar-refractivity contribution < 1.29 is 43.0 Å². The van der Waals surface area contributed by atoms with Crippen LogP contribution >= 0.6 is 0 Å². The first-order valence-electron chi connectivity index (χ1n) is 13.2. The van der Waals surface area contributed by atoms with Gasteiger partial charge in [0, 0.05) is 24.9 Å². The fourth-order valence-corrected chi connectivity index (χ4v) is 2.83. The first-order valence-corrected chi connectivity index (χ1v) is 13.2. The molecule has 0 saturated heterocycles. The number of carbonyl (C=O) groups excluding carboxylic acids is 7. The fraction of sp³-hybridized carbons (Fsp3) is 0.519. The molecule has 14 nitrogen and oxygen atoms in total. The Labute approximate surface area is 238 Å². The van der Waals surface area contributed by atoms with Crippen LogP contribution in [0.3, 0.4) is 0 Å². The fourth-order valence-electron chi connectivity index (χ4n) is 2.83. The maximum Gasteiger partial charge on any atom is 0.308 e. The van der Waals surface area contributed by atoms with Crippen molar-refractivity contribution in [1.29, 1.82) is 0 Å². The van der Waals surface area contributed by atoms with E-state index in [1.807, 2.05) is 0 Å². The summed E-state index contributed by atoms with van der Waals surface area (Å²) >= 11 is 0. The maximum absolute atomic E-state index is 12.1. The predicted octanol–water partition coefficient (Wildman–Crippen LogP) is -0.435. The van der Waals surface area contributed by atoms with Crippen molar-refractivity contribution in [2.45, 2.75) is 46.6 Å². The summed E-state index contributed by atoms with van der Waals surface area (Å²) in [6.45, 7) is 4.20. The lowest BCUT2D eigenvalue weighted by atomic mass is 10.2. The van der Waals surface area contributed by atoms with Gasteiger partial charge in [0.2, 0.25) is 29.5 Å². The van der Waals surface area contributed by atoms with Gasteiger partial charge in [-0.15, -0.1) is 0 Å². The van der Waals surface area contributed by atoms with Crippen LogP contribution in [-0.4, -0.2) is 80.7 Å².